The summed E-state index contributed by atoms with van der Waals surface area (Å²) in [5.41, 5.74) is 2.40. The molecule has 1 heterocycles. The second-order valence-electron chi connectivity index (χ2n) is 5.25. The summed E-state index contributed by atoms with van der Waals surface area (Å²) in [7, 11) is 1.57. The molecule has 1 N–H and O–H groups in total. The van der Waals surface area contributed by atoms with Gasteiger partial charge >= 0.3 is 0 Å². The van der Waals surface area contributed by atoms with Crippen molar-refractivity contribution in [2.75, 3.05) is 12.4 Å². The third-order valence-electron chi connectivity index (χ3n) is 3.54. The van der Waals surface area contributed by atoms with Crippen LogP contribution in [0.5, 0.6) is 5.75 Å². The van der Waals surface area contributed by atoms with Crippen molar-refractivity contribution in [3.05, 3.63) is 63.6 Å². The van der Waals surface area contributed by atoms with Crippen molar-refractivity contribution in [1.29, 1.82) is 0 Å². The number of nitrogens with zero attached hydrogens (tertiary/aromatic N) is 1. The molecule has 0 radical (unpaired) electrons. The number of hydrogen-bond acceptors (Lipinski definition) is 4. The summed E-state index contributed by atoms with van der Waals surface area (Å²) in [5.74, 6) is 0.959. The number of carbonyl (C=O) groups excluding carboxylic acids is 1. The first kappa shape index (κ1) is 17.5. The molecule has 0 aliphatic rings. The number of ether oxygens (including phenoxy) is 1. The van der Waals surface area contributed by atoms with Gasteiger partial charge in [-0.15, -0.1) is 0 Å². The van der Waals surface area contributed by atoms with E-state index >= 15 is 0 Å². The zero-order chi connectivity index (χ0) is 18.0. The van der Waals surface area contributed by atoms with Gasteiger partial charge in [0.25, 0.3) is 5.91 Å². The van der Waals surface area contributed by atoms with Crippen LogP contribution in [0.2, 0.25) is 5.02 Å². The van der Waals surface area contributed by atoms with Crippen molar-refractivity contribution >= 4 is 39.1 Å². The van der Waals surface area contributed by atoms with E-state index in [0.717, 1.165) is 0 Å². The normalized spacial score (nSPS) is 10.6. The molecule has 7 heteroatoms. The molecular formula is C18H14BrClN2O3. The number of hydrogen-bond donors (Lipinski definition) is 1. The van der Waals surface area contributed by atoms with Gasteiger partial charge in [-0.3, -0.25) is 4.79 Å². The summed E-state index contributed by atoms with van der Waals surface area (Å²) in [6.07, 6.45) is 1.53. The van der Waals surface area contributed by atoms with Gasteiger partial charge < -0.3 is 14.5 Å². The van der Waals surface area contributed by atoms with Crippen LogP contribution in [0.25, 0.3) is 11.3 Å². The molecule has 1 amide bonds. The van der Waals surface area contributed by atoms with E-state index in [9.17, 15) is 4.79 Å². The first-order valence-electron chi connectivity index (χ1n) is 7.35. The number of aromatic nitrogens is 1. The van der Waals surface area contributed by atoms with Crippen molar-refractivity contribution in [2.45, 2.75) is 6.92 Å². The molecule has 0 saturated carbocycles. The van der Waals surface area contributed by atoms with Crippen LogP contribution in [0.1, 0.15) is 16.2 Å². The standard InChI is InChI=1S/C18H14BrClN2O3/c1-10-21-17(9-25-10)14-7-11(3-6-16(14)20)22-18(23)13-5-4-12(24-2)8-15(13)19/h3-9H,1-2H3,(H,22,23). The van der Waals surface area contributed by atoms with Gasteiger partial charge in [-0.1, -0.05) is 11.6 Å². The fraction of sp³-hybridized carbons (Fsp3) is 0.111. The van der Waals surface area contributed by atoms with Crippen molar-refractivity contribution in [3.63, 3.8) is 0 Å². The maximum absolute atomic E-state index is 12.5. The van der Waals surface area contributed by atoms with E-state index in [1.165, 1.54) is 6.26 Å². The van der Waals surface area contributed by atoms with Crippen LogP contribution in [-0.2, 0) is 0 Å². The highest BCUT2D eigenvalue weighted by molar-refractivity contribution is 9.10. The third-order valence-corrected chi connectivity index (χ3v) is 4.53. The maximum atomic E-state index is 12.5. The molecule has 0 aliphatic heterocycles. The smallest absolute Gasteiger partial charge is 0.256 e. The van der Waals surface area contributed by atoms with Crippen molar-refractivity contribution in [3.8, 4) is 17.0 Å². The first-order valence-corrected chi connectivity index (χ1v) is 8.52. The van der Waals surface area contributed by atoms with E-state index < -0.39 is 0 Å². The average Bonchev–Trinajstić information content (AvgIpc) is 3.02. The van der Waals surface area contributed by atoms with Gasteiger partial charge in [-0.2, -0.15) is 0 Å². The zero-order valence-electron chi connectivity index (χ0n) is 13.5. The first-order chi connectivity index (χ1) is 12.0. The summed E-state index contributed by atoms with van der Waals surface area (Å²) in [5, 5.41) is 3.38. The number of anilines is 1. The topological polar surface area (TPSA) is 64.4 Å². The van der Waals surface area contributed by atoms with Crippen LogP contribution in [0.3, 0.4) is 0 Å². The molecule has 0 unspecified atom stereocenters. The van der Waals surface area contributed by atoms with E-state index in [0.29, 0.717) is 43.6 Å². The number of oxazole rings is 1. The van der Waals surface area contributed by atoms with Gasteiger partial charge in [0.1, 0.15) is 17.7 Å². The lowest BCUT2D eigenvalue weighted by molar-refractivity contribution is 0.102. The van der Waals surface area contributed by atoms with Gasteiger partial charge in [0.2, 0.25) is 0 Å². The fourth-order valence-electron chi connectivity index (χ4n) is 2.29. The minimum absolute atomic E-state index is 0.251. The molecule has 25 heavy (non-hydrogen) atoms. The minimum atomic E-state index is -0.251. The molecule has 0 fully saturated rings. The van der Waals surface area contributed by atoms with E-state index in [-0.39, 0.29) is 5.91 Å². The largest absolute Gasteiger partial charge is 0.497 e. The summed E-state index contributed by atoms with van der Waals surface area (Å²) in [4.78, 5) is 16.8. The van der Waals surface area contributed by atoms with Crippen molar-refractivity contribution in [1.82, 2.24) is 4.98 Å². The molecule has 3 rings (SSSR count). The lowest BCUT2D eigenvalue weighted by atomic mass is 10.1. The Labute approximate surface area is 158 Å². The molecule has 1 aromatic heterocycles. The quantitative estimate of drug-likeness (QED) is 0.618. The van der Waals surface area contributed by atoms with Gasteiger partial charge in [-0.25, -0.2) is 4.98 Å². The molecule has 0 saturated heterocycles. The molecule has 5 nitrogen and oxygen atoms in total. The predicted molar refractivity (Wildman–Crippen MR) is 100 cm³/mol. The molecule has 0 atom stereocenters. The number of benzene rings is 2. The summed E-state index contributed by atoms with van der Waals surface area (Å²) in [6, 6.07) is 10.4. The summed E-state index contributed by atoms with van der Waals surface area (Å²) in [6.45, 7) is 1.75. The van der Waals surface area contributed by atoms with Gasteiger partial charge in [0.05, 0.1) is 17.7 Å². The Balaban J connectivity index is 1.87. The fourth-order valence-corrected chi connectivity index (χ4v) is 3.04. The molecule has 2 aromatic carbocycles. The number of amides is 1. The Kier molecular flexibility index (Phi) is 5.11. The number of carbonyl (C=O) groups is 1. The summed E-state index contributed by atoms with van der Waals surface area (Å²) < 4.78 is 11.0. The van der Waals surface area contributed by atoms with E-state index in [1.807, 2.05) is 0 Å². The van der Waals surface area contributed by atoms with Gasteiger partial charge in [-0.05, 0) is 52.3 Å². The zero-order valence-corrected chi connectivity index (χ0v) is 15.8. The number of nitrogens with one attached hydrogen (secondary N) is 1. The van der Waals surface area contributed by atoms with Crippen molar-refractivity contribution in [2.24, 2.45) is 0 Å². The highest BCUT2D eigenvalue weighted by atomic mass is 79.9. The van der Waals surface area contributed by atoms with Crippen LogP contribution in [0, 0.1) is 6.92 Å². The second-order valence-corrected chi connectivity index (χ2v) is 6.51. The Morgan fingerprint density at radius 1 is 1.28 bits per heavy atom. The Bertz CT molecular complexity index is 940. The van der Waals surface area contributed by atoms with Crippen molar-refractivity contribution < 1.29 is 13.9 Å². The van der Waals surface area contributed by atoms with Gasteiger partial charge in [0.15, 0.2) is 5.89 Å². The molecule has 0 spiro atoms. The monoisotopic (exact) mass is 420 g/mol. The Hall–Kier alpha value is -2.31. The summed E-state index contributed by atoms with van der Waals surface area (Å²) >= 11 is 9.62. The van der Waals surface area contributed by atoms with Crippen LogP contribution in [0.15, 0.2) is 51.6 Å². The molecule has 0 bridgehead atoms. The number of aryl methyl sites for hydroxylation is 1. The number of rotatable bonds is 4. The highest BCUT2D eigenvalue weighted by Gasteiger charge is 2.14. The lowest BCUT2D eigenvalue weighted by Crippen LogP contribution is -2.12. The SMILES string of the molecule is COc1ccc(C(=O)Nc2ccc(Cl)c(-c3coc(C)n3)c2)c(Br)c1. The maximum Gasteiger partial charge on any atom is 0.256 e. The van der Waals surface area contributed by atoms with E-state index in [1.54, 1.807) is 50.4 Å². The molecule has 3 aromatic rings. The highest BCUT2D eigenvalue weighted by Crippen LogP contribution is 2.31. The van der Waals surface area contributed by atoms with E-state index in [2.05, 4.69) is 26.2 Å². The third kappa shape index (κ3) is 3.86. The van der Waals surface area contributed by atoms with Crippen LogP contribution in [0.4, 0.5) is 5.69 Å². The van der Waals surface area contributed by atoms with Crippen LogP contribution < -0.4 is 10.1 Å². The predicted octanol–water partition coefficient (Wildman–Crippen LogP) is 5.33. The molecule has 0 aliphatic carbocycles. The minimum Gasteiger partial charge on any atom is -0.497 e. The number of halogens is 2. The average molecular weight is 422 g/mol. The van der Waals surface area contributed by atoms with Gasteiger partial charge in [0, 0.05) is 22.6 Å². The molecule has 128 valence electrons. The molecular weight excluding hydrogens is 408 g/mol. The lowest BCUT2D eigenvalue weighted by Gasteiger charge is -2.10. The van der Waals surface area contributed by atoms with E-state index in [4.69, 9.17) is 20.8 Å². The Morgan fingerprint density at radius 3 is 2.72 bits per heavy atom. The van der Waals surface area contributed by atoms with Crippen LogP contribution >= 0.6 is 27.5 Å². The van der Waals surface area contributed by atoms with Crippen LogP contribution in [-0.4, -0.2) is 18.0 Å². The second kappa shape index (κ2) is 7.29. The Morgan fingerprint density at radius 2 is 2.08 bits per heavy atom. The number of methoxy groups -OCH3 is 1.